The molecule has 1 rings (SSSR count). The Balaban J connectivity index is 2.93. The van der Waals surface area contributed by atoms with Gasteiger partial charge in [0, 0.05) is 24.1 Å². The number of amides is 3. The van der Waals surface area contributed by atoms with Gasteiger partial charge in [-0.2, -0.15) is 24.4 Å². The van der Waals surface area contributed by atoms with E-state index in [1.165, 1.54) is 31.2 Å². The molecular weight excluding hydrogens is 432 g/mol. The molecule has 0 saturated heterocycles. The molecule has 0 radical (unpaired) electrons. The van der Waals surface area contributed by atoms with Crippen LogP contribution in [0.4, 0.5) is 0 Å². The molecule has 0 aromatic carbocycles. The van der Waals surface area contributed by atoms with Crippen LogP contribution in [0.25, 0.3) is 0 Å². The Morgan fingerprint density at radius 1 is 1.17 bits per heavy atom. The molecule has 1 aromatic rings. The number of thiol groups is 1. The third-order valence-corrected chi connectivity index (χ3v) is 5.08. The van der Waals surface area contributed by atoms with E-state index in [0.717, 1.165) is 0 Å². The van der Waals surface area contributed by atoms with Gasteiger partial charge in [-0.1, -0.05) is 0 Å². The van der Waals surface area contributed by atoms with E-state index in [-0.39, 0.29) is 18.6 Å². The van der Waals surface area contributed by atoms with Crippen LogP contribution in [0.5, 0.6) is 0 Å². The summed E-state index contributed by atoms with van der Waals surface area (Å²) in [6, 6.07) is -4.03. The number of carboxylic acid groups (broad SMARTS) is 1. The predicted octanol–water partition coefficient (Wildman–Crippen LogP) is -1.48. The van der Waals surface area contributed by atoms with Crippen molar-refractivity contribution in [1.82, 2.24) is 25.9 Å². The molecule has 1 heterocycles. The second kappa shape index (κ2) is 13.1. The third kappa shape index (κ3) is 8.63. The van der Waals surface area contributed by atoms with Crippen LogP contribution in [0, 0.1) is 0 Å². The highest BCUT2D eigenvalue weighted by Gasteiger charge is 2.29. The van der Waals surface area contributed by atoms with E-state index >= 15 is 0 Å². The lowest BCUT2D eigenvalue weighted by Crippen LogP contribution is -2.58. The number of thioether (sulfide) groups is 1. The molecule has 0 spiro atoms. The number of hydrogen-bond acceptors (Lipinski definition) is 8. The molecule has 0 aliphatic carbocycles. The second-order valence-electron chi connectivity index (χ2n) is 6.56. The molecule has 3 amide bonds. The van der Waals surface area contributed by atoms with Crippen molar-refractivity contribution in [3.63, 3.8) is 0 Å². The van der Waals surface area contributed by atoms with E-state index < -0.39 is 47.9 Å². The molecule has 0 bridgehead atoms. The number of hydrogen-bond donors (Lipinski definition) is 7. The van der Waals surface area contributed by atoms with Crippen molar-refractivity contribution >= 4 is 48.1 Å². The molecule has 0 saturated carbocycles. The maximum atomic E-state index is 12.8. The highest BCUT2D eigenvalue weighted by molar-refractivity contribution is 7.98. The highest BCUT2D eigenvalue weighted by Crippen LogP contribution is 2.05. The van der Waals surface area contributed by atoms with E-state index in [0.29, 0.717) is 11.4 Å². The van der Waals surface area contributed by atoms with Gasteiger partial charge in [0.25, 0.3) is 0 Å². The largest absolute Gasteiger partial charge is 0.480 e. The normalized spacial score (nSPS) is 14.8. The van der Waals surface area contributed by atoms with Crippen molar-refractivity contribution < 1.29 is 24.3 Å². The number of aromatic nitrogens is 2. The number of nitrogens with one attached hydrogen (secondary N) is 4. The maximum Gasteiger partial charge on any atom is 0.326 e. The van der Waals surface area contributed by atoms with Crippen molar-refractivity contribution in [3.05, 3.63) is 18.2 Å². The van der Waals surface area contributed by atoms with Gasteiger partial charge < -0.3 is 31.8 Å². The van der Waals surface area contributed by atoms with Gasteiger partial charge in [-0.05, 0) is 25.4 Å². The summed E-state index contributed by atoms with van der Waals surface area (Å²) in [4.78, 5) is 55.3. The van der Waals surface area contributed by atoms with Gasteiger partial charge in [0.05, 0.1) is 12.4 Å². The van der Waals surface area contributed by atoms with Gasteiger partial charge in [0.2, 0.25) is 17.7 Å². The van der Waals surface area contributed by atoms with Crippen molar-refractivity contribution in [2.24, 2.45) is 5.73 Å². The molecule has 0 aliphatic rings. The lowest BCUT2D eigenvalue weighted by Gasteiger charge is -2.24. The van der Waals surface area contributed by atoms with E-state index in [1.54, 1.807) is 0 Å². The molecule has 30 heavy (non-hydrogen) atoms. The lowest BCUT2D eigenvalue weighted by molar-refractivity contribution is -0.142. The van der Waals surface area contributed by atoms with Crippen LogP contribution in [0.2, 0.25) is 0 Å². The summed E-state index contributed by atoms with van der Waals surface area (Å²) >= 11 is 5.52. The van der Waals surface area contributed by atoms with Crippen LogP contribution in [-0.2, 0) is 25.6 Å². The molecule has 0 fully saturated rings. The standard InChI is InChI=1S/C17H28N6O5S2/c1-9(18)14(24)23-13(7-29)16(26)22-12(5-10-6-19-8-20-10)15(25)21-11(17(27)28)3-4-30-2/h6,8-9,11-13,29H,3-5,7,18H2,1-2H3,(H,19,20)(H,21,25)(H,22,26)(H,23,24)(H,27,28). The molecule has 1 aromatic heterocycles. The quantitative estimate of drug-likeness (QED) is 0.174. The van der Waals surface area contributed by atoms with E-state index in [2.05, 4.69) is 38.5 Å². The van der Waals surface area contributed by atoms with Crippen molar-refractivity contribution in [3.8, 4) is 0 Å². The number of aliphatic carboxylic acids is 1. The van der Waals surface area contributed by atoms with Gasteiger partial charge >= 0.3 is 5.97 Å². The number of aromatic amines is 1. The fourth-order valence-electron chi connectivity index (χ4n) is 2.36. The Kier molecular flexibility index (Phi) is 11.3. The molecule has 4 unspecified atom stereocenters. The summed E-state index contributed by atoms with van der Waals surface area (Å²) in [6.07, 6.45) is 5.02. The van der Waals surface area contributed by atoms with Gasteiger partial charge in [-0.3, -0.25) is 14.4 Å². The first-order valence-electron chi connectivity index (χ1n) is 9.16. The van der Waals surface area contributed by atoms with Crippen LogP contribution in [-0.4, -0.2) is 80.7 Å². The zero-order chi connectivity index (χ0) is 22.7. The average Bonchev–Trinajstić information content (AvgIpc) is 3.20. The molecule has 13 heteroatoms. The number of imidazole rings is 1. The Labute approximate surface area is 184 Å². The number of nitrogens with zero attached hydrogens (tertiary/aromatic N) is 1. The highest BCUT2D eigenvalue weighted by atomic mass is 32.2. The van der Waals surface area contributed by atoms with Crippen LogP contribution in [0.1, 0.15) is 19.0 Å². The topological polar surface area (TPSA) is 179 Å². The zero-order valence-electron chi connectivity index (χ0n) is 16.8. The number of carbonyl (C=O) groups excluding carboxylic acids is 3. The molecule has 4 atom stereocenters. The summed E-state index contributed by atoms with van der Waals surface area (Å²) in [5, 5.41) is 16.8. The van der Waals surface area contributed by atoms with Gasteiger partial charge in [0.15, 0.2) is 0 Å². The summed E-state index contributed by atoms with van der Waals surface area (Å²) < 4.78 is 0. The minimum atomic E-state index is -1.17. The smallest absolute Gasteiger partial charge is 0.326 e. The first-order valence-corrected chi connectivity index (χ1v) is 11.2. The molecule has 0 aliphatic heterocycles. The van der Waals surface area contributed by atoms with E-state index in [4.69, 9.17) is 5.73 Å². The summed E-state index contributed by atoms with van der Waals surface area (Å²) in [5.74, 6) is -2.49. The number of nitrogens with two attached hydrogens (primary N) is 1. The maximum absolute atomic E-state index is 12.8. The van der Waals surface area contributed by atoms with Gasteiger partial charge in [-0.15, -0.1) is 0 Å². The number of carbonyl (C=O) groups is 4. The summed E-state index contributed by atoms with van der Waals surface area (Å²) in [6.45, 7) is 1.47. The number of rotatable bonds is 13. The van der Waals surface area contributed by atoms with Crippen molar-refractivity contribution in [2.75, 3.05) is 17.8 Å². The Morgan fingerprint density at radius 2 is 1.77 bits per heavy atom. The van der Waals surface area contributed by atoms with Gasteiger partial charge in [0.1, 0.15) is 18.1 Å². The first-order chi connectivity index (χ1) is 14.2. The predicted molar refractivity (Wildman–Crippen MR) is 116 cm³/mol. The molecule has 7 N–H and O–H groups in total. The van der Waals surface area contributed by atoms with E-state index in [1.807, 2.05) is 6.26 Å². The molecule has 168 valence electrons. The van der Waals surface area contributed by atoms with Crippen LogP contribution < -0.4 is 21.7 Å². The molecular formula is C17H28N6O5S2. The SMILES string of the molecule is CSCCC(NC(=O)C(Cc1cnc[nH]1)NC(=O)C(CS)NC(=O)C(C)N)C(=O)O. The van der Waals surface area contributed by atoms with Crippen molar-refractivity contribution in [2.45, 2.75) is 43.9 Å². The zero-order valence-corrected chi connectivity index (χ0v) is 18.5. The Morgan fingerprint density at radius 3 is 2.27 bits per heavy atom. The van der Waals surface area contributed by atoms with Crippen molar-refractivity contribution in [1.29, 1.82) is 0 Å². The fraction of sp³-hybridized carbons (Fsp3) is 0.588. The fourth-order valence-corrected chi connectivity index (χ4v) is 3.09. The van der Waals surface area contributed by atoms with Gasteiger partial charge in [-0.25, -0.2) is 9.78 Å². The van der Waals surface area contributed by atoms with E-state index in [9.17, 15) is 24.3 Å². The monoisotopic (exact) mass is 460 g/mol. The van der Waals surface area contributed by atoms with Crippen LogP contribution in [0.3, 0.4) is 0 Å². The second-order valence-corrected chi connectivity index (χ2v) is 7.91. The first kappa shape index (κ1) is 25.8. The Bertz CT molecular complexity index is 716. The summed E-state index contributed by atoms with van der Waals surface area (Å²) in [5.41, 5.74) is 6.06. The number of H-pyrrole nitrogens is 1. The molecule has 11 nitrogen and oxygen atoms in total. The Hall–Kier alpha value is -2.25. The minimum absolute atomic E-state index is 0.0197. The lowest BCUT2D eigenvalue weighted by atomic mass is 10.1. The minimum Gasteiger partial charge on any atom is -0.480 e. The number of carboxylic acids is 1. The third-order valence-electron chi connectivity index (χ3n) is 4.07. The average molecular weight is 461 g/mol. The van der Waals surface area contributed by atoms with Crippen LogP contribution >= 0.6 is 24.4 Å². The summed E-state index contributed by atoms with van der Waals surface area (Å²) in [7, 11) is 0. The van der Waals surface area contributed by atoms with Crippen LogP contribution in [0.15, 0.2) is 12.5 Å².